The molecule has 134 valence electrons. The first-order valence-corrected chi connectivity index (χ1v) is 9.20. The molecule has 0 saturated heterocycles. The summed E-state index contributed by atoms with van der Waals surface area (Å²) in [7, 11) is 0. The van der Waals surface area contributed by atoms with Gasteiger partial charge in [-0.3, -0.25) is 4.98 Å². The third kappa shape index (κ3) is 2.91. The summed E-state index contributed by atoms with van der Waals surface area (Å²) in [6.07, 6.45) is 6.48. The largest absolute Gasteiger partial charge is 0.479 e. The molecule has 1 atom stereocenters. The Morgan fingerprint density at radius 2 is 2.23 bits per heavy atom. The van der Waals surface area contributed by atoms with Gasteiger partial charge in [-0.15, -0.1) is 11.3 Å². The molecule has 8 heteroatoms. The van der Waals surface area contributed by atoms with Crippen LogP contribution in [0.5, 0.6) is 0 Å². The molecule has 1 unspecified atom stereocenters. The molecule has 1 aliphatic carbocycles. The van der Waals surface area contributed by atoms with Crippen molar-refractivity contribution in [1.29, 1.82) is 0 Å². The first-order valence-electron chi connectivity index (χ1n) is 8.38. The van der Waals surface area contributed by atoms with Crippen LogP contribution in [0, 0.1) is 0 Å². The van der Waals surface area contributed by atoms with Gasteiger partial charge in [-0.2, -0.15) is 0 Å². The minimum Gasteiger partial charge on any atom is -0.479 e. The SMILES string of the molecule is CC(O)(CNc1nc(-c2cccnc2)nc2sc3c(c12)CCC3)C(=O)O. The number of carboxylic acid groups (broad SMARTS) is 1. The number of anilines is 1. The van der Waals surface area contributed by atoms with E-state index in [4.69, 9.17) is 10.1 Å². The quantitative estimate of drug-likeness (QED) is 0.633. The van der Waals surface area contributed by atoms with Crippen LogP contribution < -0.4 is 5.32 Å². The number of aliphatic carboxylic acids is 1. The number of nitrogens with one attached hydrogen (secondary N) is 1. The van der Waals surface area contributed by atoms with Gasteiger partial charge in [0, 0.05) is 22.8 Å². The zero-order valence-electron chi connectivity index (χ0n) is 14.2. The Morgan fingerprint density at radius 3 is 2.96 bits per heavy atom. The van der Waals surface area contributed by atoms with Crippen LogP contribution in [0.2, 0.25) is 0 Å². The average molecular weight is 370 g/mol. The summed E-state index contributed by atoms with van der Waals surface area (Å²) in [5.41, 5.74) is 0.140. The fraction of sp³-hybridized carbons (Fsp3) is 0.333. The number of aliphatic hydroxyl groups is 1. The van der Waals surface area contributed by atoms with Gasteiger partial charge in [0.2, 0.25) is 0 Å². The predicted octanol–water partition coefficient (Wildman–Crippen LogP) is 2.49. The van der Waals surface area contributed by atoms with E-state index in [1.807, 2.05) is 12.1 Å². The van der Waals surface area contributed by atoms with Crippen molar-refractivity contribution in [3.8, 4) is 11.4 Å². The molecule has 0 aromatic carbocycles. The molecule has 4 rings (SSSR count). The van der Waals surface area contributed by atoms with E-state index in [9.17, 15) is 9.90 Å². The van der Waals surface area contributed by atoms with E-state index >= 15 is 0 Å². The average Bonchev–Trinajstić information content (AvgIpc) is 3.21. The molecule has 0 aliphatic heterocycles. The summed E-state index contributed by atoms with van der Waals surface area (Å²) in [4.78, 5) is 26.8. The van der Waals surface area contributed by atoms with Gasteiger partial charge in [0.25, 0.3) is 0 Å². The minimum atomic E-state index is -1.88. The lowest BCUT2D eigenvalue weighted by atomic mass is 10.1. The van der Waals surface area contributed by atoms with E-state index in [1.165, 1.54) is 17.4 Å². The molecule has 0 bridgehead atoms. The van der Waals surface area contributed by atoms with Crippen molar-refractivity contribution in [3.63, 3.8) is 0 Å². The molecule has 0 saturated carbocycles. The Balaban J connectivity index is 1.81. The van der Waals surface area contributed by atoms with Crippen molar-refractivity contribution in [3.05, 3.63) is 35.0 Å². The van der Waals surface area contributed by atoms with Gasteiger partial charge in [0.1, 0.15) is 10.6 Å². The van der Waals surface area contributed by atoms with E-state index in [-0.39, 0.29) is 6.54 Å². The van der Waals surface area contributed by atoms with E-state index in [2.05, 4.69) is 15.3 Å². The summed E-state index contributed by atoms with van der Waals surface area (Å²) in [5.74, 6) is -0.184. The third-order valence-electron chi connectivity index (χ3n) is 4.55. The monoisotopic (exact) mass is 370 g/mol. The number of pyridine rings is 1. The van der Waals surface area contributed by atoms with Gasteiger partial charge in [0.15, 0.2) is 11.4 Å². The molecule has 7 nitrogen and oxygen atoms in total. The van der Waals surface area contributed by atoms with E-state index in [0.717, 1.165) is 35.0 Å². The van der Waals surface area contributed by atoms with Crippen molar-refractivity contribution >= 4 is 33.3 Å². The number of thiophene rings is 1. The fourth-order valence-electron chi connectivity index (χ4n) is 3.08. The van der Waals surface area contributed by atoms with Gasteiger partial charge in [-0.25, -0.2) is 14.8 Å². The van der Waals surface area contributed by atoms with Gasteiger partial charge in [-0.05, 0) is 43.9 Å². The van der Waals surface area contributed by atoms with Crippen LogP contribution in [0.1, 0.15) is 23.8 Å². The van der Waals surface area contributed by atoms with E-state index in [1.54, 1.807) is 23.7 Å². The van der Waals surface area contributed by atoms with Crippen molar-refractivity contribution in [1.82, 2.24) is 15.0 Å². The first-order chi connectivity index (χ1) is 12.5. The van der Waals surface area contributed by atoms with Crippen LogP contribution in [-0.4, -0.2) is 43.3 Å². The van der Waals surface area contributed by atoms with Gasteiger partial charge >= 0.3 is 5.97 Å². The fourth-order valence-corrected chi connectivity index (χ4v) is 4.34. The molecule has 0 spiro atoms. The number of carboxylic acids is 1. The Labute approximate surface area is 153 Å². The highest BCUT2D eigenvalue weighted by molar-refractivity contribution is 7.19. The number of nitrogens with zero attached hydrogens (tertiary/aromatic N) is 3. The Kier molecular flexibility index (Phi) is 4.08. The highest BCUT2D eigenvalue weighted by Crippen LogP contribution is 2.40. The molecular formula is C18H18N4O3S. The van der Waals surface area contributed by atoms with Crippen LogP contribution in [0.3, 0.4) is 0 Å². The molecule has 1 aliphatic rings. The number of aryl methyl sites for hydroxylation is 2. The third-order valence-corrected chi connectivity index (χ3v) is 5.73. The maximum atomic E-state index is 11.2. The summed E-state index contributed by atoms with van der Waals surface area (Å²) in [6, 6.07) is 3.70. The lowest BCUT2D eigenvalue weighted by Gasteiger charge is -2.19. The molecular weight excluding hydrogens is 352 g/mol. The van der Waals surface area contributed by atoms with Crippen molar-refractivity contribution in [2.45, 2.75) is 31.8 Å². The van der Waals surface area contributed by atoms with E-state index < -0.39 is 11.6 Å². The number of fused-ring (bicyclic) bond motifs is 3. The van der Waals surface area contributed by atoms with Crippen LogP contribution in [-0.2, 0) is 17.6 Å². The molecule has 3 heterocycles. The minimum absolute atomic E-state index is 0.147. The highest BCUT2D eigenvalue weighted by atomic mass is 32.1. The topological polar surface area (TPSA) is 108 Å². The van der Waals surface area contributed by atoms with Gasteiger partial charge in [0.05, 0.1) is 11.9 Å². The van der Waals surface area contributed by atoms with Crippen LogP contribution in [0.15, 0.2) is 24.5 Å². The lowest BCUT2D eigenvalue weighted by molar-refractivity contribution is -0.155. The summed E-state index contributed by atoms with van der Waals surface area (Å²) in [5, 5.41) is 23.2. The summed E-state index contributed by atoms with van der Waals surface area (Å²) < 4.78 is 0. The number of hydrogen-bond acceptors (Lipinski definition) is 7. The number of hydrogen-bond donors (Lipinski definition) is 3. The normalized spacial score (nSPS) is 15.6. The molecule has 3 aromatic rings. The summed E-state index contributed by atoms with van der Waals surface area (Å²) in [6.45, 7) is 1.12. The van der Waals surface area contributed by atoms with Crippen LogP contribution in [0.25, 0.3) is 21.6 Å². The number of carbonyl (C=O) groups is 1. The van der Waals surface area contributed by atoms with E-state index in [0.29, 0.717) is 11.6 Å². The molecule has 0 fully saturated rings. The van der Waals surface area contributed by atoms with Crippen molar-refractivity contribution in [2.24, 2.45) is 0 Å². The maximum absolute atomic E-state index is 11.2. The Hall–Kier alpha value is -2.58. The second-order valence-electron chi connectivity index (χ2n) is 6.61. The molecule has 3 aromatic heterocycles. The summed E-state index contributed by atoms with van der Waals surface area (Å²) >= 11 is 1.66. The highest BCUT2D eigenvalue weighted by Gasteiger charge is 2.31. The van der Waals surface area contributed by atoms with Crippen molar-refractivity contribution in [2.75, 3.05) is 11.9 Å². The number of aromatic nitrogens is 3. The lowest BCUT2D eigenvalue weighted by Crippen LogP contribution is -2.42. The molecule has 3 N–H and O–H groups in total. The molecule has 26 heavy (non-hydrogen) atoms. The maximum Gasteiger partial charge on any atom is 0.337 e. The van der Waals surface area contributed by atoms with Crippen molar-refractivity contribution < 1.29 is 15.0 Å². The smallest absolute Gasteiger partial charge is 0.337 e. The Morgan fingerprint density at radius 1 is 1.38 bits per heavy atom. The van der Waals surface area contributed by atoms with Crippen LogP contribution >= 0.6 is 11.3 Å². The zero-order chi connectivity index (χ0) is 18.3. The predicted molar refractivity (Wildman–Crippen MR) is 99.4 cm³/mol. The van der Waals surface area contributed by atoms with Crippen LogP contribution in [0.4, 0.5) is 5.82 Å². The second-order valence-corrected chi connectivity index (χ2v) is 7.69. The first kappa shape index (κ1) is 16.9. The molecule has 0 amide bonds. The number of rotatable bonds is 5. The zero-order valence-corrected chi connectivity index (χ0v) is 15.0. The van der Waals surface area contributed by atoms with Gasteiger partial charge in [-0.1, -0.05) is 0 Å². The van der Waals surface area contributed by atoms with Gasteiger partial charge < -0.3 is 15.5 Å². The standard InChI is InChI=1S/C18H18N4O3S/c1-18(25,17(23)24)9-20-15-13-11-5-2-6-12(11)26-16(13)22-14(21-15)10-4-3-7-19-8-10/h3-4,7-8,25H,2,5-6,9H2,1H3,(H,23,24)(H,20,21,22). The Bertz CT molecular complexity index is 985. The molecule has 0 radical (unpaired) electrons. The second kappa shape index (κ2) is 6.30.